The summed E-state index contributed by atoms with van der Waals surface area (Å²) in [4.78, 5) is 13.7. The molecule has 1 heterocycles. The van der Waals surface area contributed by atoms with E-state index >= 15 is 0 Å². The average Bonchev–Trinajstić information content (AvgIpc) is 2.48. The maximum Gasteiger partial charge on any atom is 0.322 e. The van der Waals surface area contributed by atoms with E-state index in [1.54, 1.807) is 4.90 Å². The van der Waals surface area contributed by atoms with Gasteiger partial charge >= 0.3 is 6.03 Å². The highest BCUT2D eigenvalue weighted by molar-refractivity contribution is 6.30. The Morgan fingerprint density at radius 1 is 1.14 bits per heavy atom. The molecule has 2 aromatic rings. The van der Waals surface area contributed by atoms with Crippen molar-refractivity contribution in [2.24, 2.45) is 0 Å². The fourth-order valence-corrected chi connectivity index (χ4v) is 2.35. The number of halogens is 1. The van der Waals surface area contributed by atoms with Crippen molar-refractivity contribution >= 4 is 23.3 Å². The van der Waals surface area contributed by atoms with Gasteiger partial charge in [0.15, 0.2) is 0 Å². The van der Waals surface area contributed by atoms with Crippen LogP contribution in [-0.4, -0.2) is 30.1 Å². The van der Waals surface area contributed by atoms with E-state index in [0.717, 1.165) is 16.3 Å². The number of rotatable bonds is 4. The molecule has 0 radical (unpaired) electrons. The number of benzene rings is 2. The van der Waals surface area contributed by atoms with E-state index in [4.69, 9.17) is 16.3 Å². The molecule has 0 atom stereocenters. The predicted octanol–water partition coefficient (Wildman–Crippen LogP) is 3.77. The first kappa shape index (κ1) is 14.9. The Hall–Kier alpha value is -2.04. The van der Waals surface area contributed by atoms with Crippen LogP contribution in [0, 0.1) is 0 Å². The molecule has 114 valence electrons. The minimum absolute atomic E-state index is 0.0856. The van der Waals surface area contributed by atoms with Gasteiger partial charge in [-0.05, 0) is 29.8 Å². The molecule has 3 rings (SSSR count). The van der Waals surface area contributed by atoms with E-state index in [0.29, 0.717) is 19.7 Å². The molecule has 1 aliphatic rings. The number of carbonyl (C=O) groups is 1. The molecule has 4 nitrogen and oxygen atoms in total. The molecule has 0 bridgehead atoms. The van der Waals surface area contributed by atoms with Gasteiger partial charge in [0.05, 0.1) is 25.8 Å². The average molecular weight is 317 g/mol. The molecule has 2 aromatic carbocycles. The zero-order chi connectivity index (χ0) is 15.4. The molecule has 5 heteroatoms. The first-order valence-electron chi connectivity index (χ1n) is 7.18. The molecule has 1 aliphatic heterocycles. The number of nitrogens with one attached hydrogen (secondary N) is 1. The largest absolute Gasteiger partial charge is 0.370 e. The van der Waals surface area contributed by atoms with Crippen LogP contribution in [0.2, 0.25) is 5.02 Å². The summed E-state index contributed by atoms with van der Waals surface area (Å²) in [5, 5.41) is 3.58. The molecule has 1 saturated heterocycles. The smallest absolute Gasteiger partial charge is 0.322 e. The summed E-state index contributed by atoms with van der Waals surface area (Å²) in [5.74, 6) is 0. The highest BCUT2D eigenvalue weighted by Gasteiger charge is 2.31. The minimum atomic E-state index is -0.0856. The van der Waals surface area contributed by atoms with Gasteiger partial charge in [-0.15, -0.1) is 0 Å². The van der Waals surface area contributed by atoms with Crippen LogP contribution in [0.5, 0.6) is 0 Å². The molecular weight excluding hydrogens is 300 g/mol. The minimum Gasteiger partial charge on any atom is -0.370 e. The van der Waals surface area contributed by atoms with Crippen molar-refractivity contribution in [3.63, 3.8) is 0 Å². The Bertz CT molecular complexity index is 625. The van der Waals surface area contributed by atoms with Crippen LogP contribution in [0.1, 0.15) is 5.56 Å². The zero-order valence-electron chi connectivity index (χ0n) is 12.0. The van der Waals surface area contributed by atoms with Gasteiger partial charge in [0.25, 0.3) is 0 Å². The Kier molecular flexibility index (Phi) is 4.61. The summed E-state index contributed by atoms with van der Waals surface area (Å²) < 4.78 is 5.77. The number of likely N-dealkylation sites (tertiary alicyclic amines) is 1. The van der Waals surface area contributed by atoms with Crippen molar-refractivity contribution in [3.8, 4) is 0 Å². The number of anilines is 1. The van der Waals surface area contributed by atoms with Gasteiger partial charge in [0.2, 0.25) is 0 Å². The SMILES string of the molecule is O=C(Nc1ccccc1)N1CC(OCc2ccc(Cl)cc2)C1. The number of amides is 2. The van der Waals surface area contributed by atoms with Gasteiger partial charge in [-0.2, -0.15) is 0 Å². The molecule has 0 unspecified atom stereocenters. The summed E-state index contributed by atoms with van der Waals surface area (Å²) in [6.45, 7) is 1.77. The lowest BCUT2D eigenvalue weighted by molar-refractivity contribution is -0.0420. The van der Waals surface area contributed by atoms with E-state index in [2.05, 4.69) is 5.32 Å². The fraction of sp³-hybridized carbons (Fsp3) is 0.235. The lowest BCUT2D eigenvalue weighted by atomic mass is 10.1. The number of nitrogens with zero attached hydrogens (tertiary/aromatic N) is 1. The molecule has 2 amide bonds. The second-order valence-electron chi connectivity index (χ2n) is 5.26. The van der Waals surface area contributed by atoms with Crippen molar-refractivity contribution < 1.29 is 9.53 Å². The van der Waals surface area contributed by atoms with Gasteiger partial charge < -0.3 is 15.0 Å². The van der Waals surface area contributed by atoms with Crippen LogP contribution < -0.4 is 5.32 Å². The van der Waals surface area contributed by atoms with Crippen LogP contribution >= 0.6 is 11.6 Å². The van der Waals surface area contributed by atoms with Gasteiger partial charge in [0, 0.05) is 10.7 Å². The van der Waals surface area contributed by atoms with E-state index in [9.17, 15) is 4.79 Å². The van der Waals surface area contributed by atoms with Crippen molar-refractivity contribution in [1.29, 1.82) is 0 Å². The van der Waals surface area contributed by atoms with Crippen molar-refractivity contribution in [2.75, 3.05) is 18.4 Å². The normalized spacial score (nSPS) is 14.5. The third-order valence-corrected chi connectivity index (χ3v) is 3.81. The summed E-state index contributed by atoms with van der Waals surface area (Å²) >= 11 is 5.84. The fourth-order valence-electron chi connectivity index (χ4n) is 2.23. The van der Waals surface area contributed by atoms with Crippen molar-refractivity contribution in [3.05, 3.63) is 65.2 Å². The lowest BCUT2D eigenvalue weighted by Gasteiger charge is -2.38. The second kappa shape index (κ2) is 6.81. The highest BCUT2D eigenvalue weighted by Crippen LogP contribution is 2.17. The Morgan fingerprint density at radius 3 is 2.50 bits per heavy atom. The Labute approximate surface area is 134 Å². The summed E-state index contributed by atoms with van der Waals surface area (Å²) in [5.41, 5.74) is 1.88. The molecule has 22 heavy (non-hydrogen) atoms. The highest BCUT2D eigenvalue weighted by atomic mass is 35.5. The van der Waals surface area contributed by atoms with Crippen LogP contribution in [0.25, 0.3) is 0 Å². The predicted molar refractivity (Wildman–Crippen MR) is 87.1 cm³/mol. The Morgan fingerprint density at radius 2 is 1.82 bits per heavy atom. The second-order valence-corrected chi connectivity index (χ2v) is 5.70. The first-order chi connectivity index (χ1) is 10.7. The monoisotopic (exact) mass is 316 g/mol. The van der Waals surface area contributed by atoms with Crippen molar-refractivity contribution in [2.45, 2.75) is 12.7 Å². The number of carbonyl (C=O) groups excluding carboxylic acids is 1. The Balaban J connectivity index is 1.40. The summed E-state index contributed by atoms with van der Waals surface area (Å²) in [7, 11) is 0. The third kappa shape index (κ3) is 3.78. The summed E-state index contributed by atoms with van der Waals surface area (Å²) in [6, 6.07) is 16.9. The molecule has 0 aliphatic carbocycles. The number of hydrogen-bond acceptors (Lipinski definition) is 2. The first-order valence-corrected chi connectivity index (χ1v) is 7.55. The van der Waals surface area contributed by atoms with Crippen molar-refractivity contribution in [1.82, 2.24) is 4.90 Å². The quantitative estimate of drug-likeness (QED) is 0.932. The number of urea groups is 1. The molecule has 0 aromatic heterocycles. The molecule has 1 N–H and O–H groups in total. The lowest BCUT2D eigenvalue weighted by Crippen LogP contribution is -2.56. The number of para-hydroxylation sites is 1. The molecule has 0 spiro atoms. The summed E-state index contributed by atoms with van der Waals surface area (Å²) in [6.07, 6.45) is 0.0946. The molecule has 1 fully saturated rings. The van der Waals surface area contributed by atoms with Gasteiger partial charge in [0.1, 0.15) is 0 Å². The number of ether oxygens (including phenoxy) is 1. The third-order valence-electron chi connectivity index (χ3n) is 3.56. The molecule has 0 saturated carbocycles. The van der Waals surface area contributed by atoms with Crippen LogP contribution in [0.4, 0.5) is 10.5 Å². The molecular formula is C17H17ClN2O2. The maximum atomic E-state index is 12.0. The maximum absolute atomic E-state index is 12.0. The van der Waals surface area contributed by atoms with E-state index in [1.165, 1.54) is 0 Å². The topological polar surface area (TPSA) is 41.6 Å². The standard InChI is InChI=1S/C17H17ClN2O2/c18-14-8-6-13(7-9-14)12-22-16-10-20(11-16)17(21)19-15-4-2-1-3-5-15/h1-9,16H,10-12H2,(H,19,21). The van der Waals surface area contributed by atoms with Crippen LogP contribution in [0.15, 0.2) is 54.6 Å². The van der Waals surface area contributed by atoms with E-state index in [1.807, 2.05) is 54.6 Å². The van der Waals surface area contributed by atoms with Gasteiger partial charge in [-0.3, -0.25) is 0 Å². The van der Waals surface area contributed by atoms with Gasteiger partial charge in [-0.25, -0.2) is 4.79 Å². The van der Waals surface area contributed by atoms with E-state index < -0.39 is 0 Å². The van der Waals surface area contributed by atoms with Crippen LogP contribution in [-0.2, 0) is 11.3 Å². The van der Waals surface area contributed by atoms with Crippen LogP contribution in [0.3, 0.4) is 0 Å². The zero-order valence-corrected chi connectivity index (χ0v) is 12.8. The van der Waals surface area contributed by atoms with E-state index in [-0.39, 0.29) is 12.1 Å². The van der Waals surface area contributed by atoms with Gasteiger partial charge in [-0.1, -0.05) is 41.9 Å². The number of hydrogen-bond donors (Lipinski definition) is 1.